The highest BCUT2D eigenvalue weighted by Gasteiger charge is 2.24. The number of likely N-dealkylation sites (N-methyl/N-ethyl adjacent to an activating group) is 1. The Morgan fingerprint density at radius 3 is 2.61 bits per heavy atom. The zero-order valence-electron chi connectivity index (χ0n) is 17.6. The van der Waals surface area contributed by atoms with Crippen molar-refractivity contribution >= 4 is 47.5 Å². The van der Waals surface area contributed by atoms with Crippen molar-refractivity contribution in [2.75, 3.05) is 64.0 Å². The van der Waals surface area contributed by atoms with Crippen LogP contribution in [0.15, 0.2) is 23.3 Å². The molecule has 158 valence electrons. The van der Waals surface area contributed by atoms with E-state index in [9.17, 15) is 0 Å². The Hall–Kier alpha value is -0.740. The lowest BCUT2D eigenvalue weighted by Gasteiger charge is -2.36. The van der Waals surface area contributed by atoms with Crippen LogP contribution in [0.4, 0.5) is 5.82 Å². The zero-order chi connectivity index (χ0) is 19.2. The van der Waals surface area contributed by atoms with Gasteiger partial charge in [0.2, 0.25) is 0 Å². The first kappa shape index (κ1) is 23.5. The molecule has 0 saturated carbocycles. The van der Waals surface area contributed by atoms with Crippen LogP contribution < -0.4 is 10.2 Å². The molecule has 28 heavy (non-hydrogen) atoms. The van der Waals surface area contributed by atoms with Crippen LogP contribution in [0.3, 0.4) is 0 Å². The van der Waals surface area contributed by atoms with E-state index in [2.05, 4.69) is 74.8 Å². The smallest absolute Gasteiger partial charge is 0.193 e. The Labute approximate surface area is 191 Å². The lowest BCUT2D eigenvalue weighted by molar-refractivity contribution is 0.312. The van der Waals surface area contributed by atoms with E-state index in [1.54, 1.807) is 0 Å². The summed E-state index contributed by atoms with van der Waals surface area (Å²) in [4.78, 5) is 16.3. The molecule has 1 unspecified atom stereocenters. The van der Waals surface area contributed by atoms with Crippen molar-refractivity contribution in [1.29, 1.82) is 0 Å². The number of nitrogens with one attached hydrogen (secondary N) is 1. The number of thioether (sulfide) groups is 1. The van der Waals surface area contributed by atoms with Crippen LogP contribution >= 0.6 is 35.7 Å². The van der Waals surface area contributed by atoms with Gasteiger partial charge in [0.25, 0.3) is 0 Å². The maximum Gasteiger partial charge on any atom is 0.193 e. The summed E-state index contributed by atoms with van der Waals surface area (Å²) >= 11 is 2.09. The van der Waals surface area contributed by atoms with E-state index in [-0.39, 0.29) is 24.0 Å². The van der Waals surface area contributed by atoms with E-state index in [0.717, 1.165) is 57.6 Å². The highest BCUT2D eigenvalue weighted by molar-refractivity contribution is 14.0. The minimum Gasteiger partial charge on any atom is -0.354 e. The standard InChI is InChI=1S/C20H34N6S.HI/c1-16(2)18-15-26(11-12-27-18)20(21-3)23-14-17-5-6-19(22-13-17)25-9-7-24(4)8-10-25;/h5-6,13,16,18H,7-12,14-15H2,1-4H3,(H,21,23);1H. The molecule has 2 aliphatic rings. The summed E-state index contributed by atoms with van der Waals surface area (Å²) in [6.45, 7) is 11.8. The van der Waals surface area contributed by atoms with Gasteiger partial charge in [-0.05, 0) is 24.6 Å². The third-order valence-electron chi connectivity index (χ3n) is 5.44. The SMILES string of the molecule is CN=C(NCc1ccc(N2CCN(C)CC2)nc1)N1CCSC(C(C)C)C1.I. The maximum atomic E-state index is 4.69. The normalized spacial score (nSPS) is 21.6. The first-order valence-corrected chi connectivity index (χ1v) is 11.1. The third-order valence-corrected chi connectivity index (χ3v) is 6.98. The molecule has 6 nitrogen and oxygen atoms in total. The van der Waals surface area contributed by atoms with Crippen molar-refractivity contribution in [1.82, 2.24) is 20.1 Å². The Kier molecular flexibility index (Phi) is 9.62. The number of rotatable bonds is 4. The lowest BCUT2D eigenvalue weighted by atomic mass is 10.1. The number of pyridine rings is 1. The zero-order valence-corrected chi connectivity index (χ0v) is 20.7. The summed E-state index contributed by atoms with van der Waals surface area (Å²) in [7, 11) is 4.06. The Balaban J connectivity index is 0.00000280. The van der Waals surface area contributed by atoms with Gasteiger partial charge in [-0.15, -0.1) is 24.0 Å². The minimum absolute atomic E-state index is 0. The van der Waals surface area contributed by atoms with Crippen molar-refractivity contribution in [3.63, 3.8) is 0 Å². The number of aromatic nitrogens is 1. The van der Waals surface area contributed by atoms with Gasteiger partial charge in [0, 0.05) is 70.1 Å². The Bertz CT molecular complexity index is 616. The largest absolute Gasteiger partial charge is 0.354 e. The molecule has 3 heterocycles. The van der Waals surface area contributed by atoms with Crippen molar-refractivity contribution in [3.8, 4) is 0 Å². The van der Waals surface area contributed by atoms with Crippen molar-refractivity contribution in [2.45, 2.75) is 25.6 Å². The Morgan fingerprint density at radius 2 is 2.00 bits per heavy atom. The van der Waals surface area contributed by atoms with Gasteiger partial charge >= 0.3 is 0 Å². The highest BCUT2D eigenvalue weighted by atomic mass is 127. The summed E-state index contributed by atoms with van der Waals surface area (Å²) in [5, 5.41) is 4.21. The average Bonchev–Trinajstić information content (AvgIpc) is 2.70. The van der Waals surface area contributed by atoms with Crippen LogP contribution in [-0.4, -0.2) is 85.1 Å². The summed E-state index contributed by atoms with van der Waals surface area (Å²) in [6.07, 6.45) is 2.00. The molecule has 0 spiro atoms. The van der Waals surface area contributed by atoms with E-state index >= 15 is 0 Å². The second-order valence-corrected chi connectivity index (χ2v) is 9.16. The first-order valence-electron chi connectivity index (χ1n) is 10.0. The third kappa shape index (κ3) is 6.38. The Morgan fingerprint density at radius 1 is 1.25 bits per heavy atom. The van der Waals surface area contributed by atoms with E-state index in [1.807, 2.05) is 13.2 Å². The molecule has 1 aromatic heterocycles. The van der Waals surface area contributed by atoms with Crippen LogP contribution in [0.25, 0.3) is 0 Å². The second-order valence-electron chi connectivity index (χ2n) is 7.82. The number of aliphatic imine (C=N–C) groups is 1. The molecule has 0 radical (unpaired) electrons. The van der Waals surface area contributed by atoms with Gasteiger partial charge in [-0.3, -0.25) is 4.99 Å². The molecule has 1 aromatic rings. The van der Waals surface area contributed by atoms with E-state index in [1.165, 1.54) is 11.3 Å². The van der Waals surface area contributed by atoms with Gasteiger partial charge in [-0.1, -0.05) is 19.9 Å². The topological polar surface area (TPSA) is 47.0 Å². The van der Waals surface area contributed by atoms with Crippen molar-refractivity contribution in [2.24, 2.45) is 10.9 Å². The van der Waals surface area contributed by atoms with Crippen LogP contribution in [0.1, 0.15) is 19.4 Å². The molecule has 2 saturated heterocycles. The van der Waals surface area contributed by atoms with E-state index in [4.69, 9.17) is 0 Å². The molecule has 1 N–H and O–H groups in total. The minimum atomic E-state index is 0. The fraction of sp³-hybridized carbons (Fsp3) is 0.700. The summed E-state index contributed by atoms with van der Waals surface area (Å²) in [6, 6.07) is 4.33. The molecule has 0 bridgehead atoms. The molecule has 0 aromatic carbocycles. The molecule has 2 aliphatic heterocycles. The molecular weight excluding hydrogens is 483 g/mol. The fourth-order valence-electron chi connectivity index (χ4n) is 3.53. The van der Waals surface area contributed by atoms with Crippen LogP contribution in [0, 0.1) is 5.92 Å². The van der Waals surface area contributed by atoms with Gasteiger partial charge in [-0.2, -0.15) is 11.8 Å². The highest BCUT2D eigenvalue weighted by Crippen LogP contribution is 2.24. The van der Waals surface area contributed by atoms with E-state index < -0.39 is 0 Å². The molecule has 0 aliphatic carbocycles. The maximum absolute atomic E-state index is 4.69. The quantitative estimate of drug-likeness (QED) is 0.376. The number of hydrogen-bond acceptors (Lipinski definition) is 5. The second kappa shape index (κ2) is 11.4. The molecule has 8 heteroatoms. The number of piperazine rings is 1. The fourth-order valence-corrected chi connectivity index (χ4v) is 4.83. The molecule has 2 fully saturated rings. The average molecular weight is 519 g/mol. The van der Waals surface area contributed by atoms with Crippen LogP contribution in [0.5, 0.6) is 0 Å². The monoisotopic (exact) mass is 518 g/mol. The van der Waals surface area contributed by atoms with Gasteiger partial charge < -0.3 is 20.0 Å². The van der Waals surface area contributed by atoms with Crippen LogP contribution in [-0.2, 0) is 6.54 Å². The number of halogens is 1. The van der Waals surface area contributed by atoms with Gasteiger partial charge in [-0.25, -0.2) is 4.98 Å². The van der Waals surface area contributed by atoms with Gasteiger partial charge in [0.15, 0.2) is 5.96 Å². The predicted octanol–water partition coefficient (Wildman–Crippen LogP) is 2.60. The number of anilines is 1. The molecule has 3 rings (SSSR count). The lowest BCUT2D eigenvalue weighted by Crippen LogP contribution is -2.48. The number of nitrogens with zero attached hydrogens (tertiary/aromatic N) is 5. The summed E-state index contributed by atoms with van der Waals surface area (Å²) < 4.78 is 0. The summed E-state index contributed by atoms with van der Waals surface area (Å²) in [5.74, 6) is 3.96. The number of guanidine groups is 1. The number of hydrogen-bond donors (Lipinski definition) is 1. The van der Waals surface area contributed by atoms with Crippen molar-refractivity contribution < 1.29 is 0 Å². The van der Waals surface area contributed by atoms with Gasteiger partial charge in [0.05, 0.1) is 0 Å². The molecule has 1 atom stereocenters. The van der Waals surface area contributed by atoms with Crippen molar-refractivity contribution in [3.05, 3.63) is 23.9 Å². The first-order chi connectivity index (χ1) is 13.1. The molecule has 0 amide bonds. The summed E-state index contributed by atoms with van der Waals surface area (Å²) in [5.41, 5.74) is 1.20. The van der Waals surface area contributed by atoms with Gasteiger partial charge in [0.1, 0.15) is 5.82 Å². The predicted molar refractivity (Wildman–Crippen MR) is 132 cm³/mol. The molecular formula is C20H35IN6S. The van der Waals surface area contributed by atoms with E-state index in [0.29, 0.717) is 11.2 Å². The van der Waals surface area contributed by atoms with Crippen LogP contribution in [0.2, 0.25) is 0 Å².